The second kappa shape index (κ2) is 7.33. The first-order valence-electron chi connectivity index (χ1n) is 6.39. The molecular weight excluding hydrogens is 234 g/mol. The molecule has 104 valence electrons. The summed E-state index contributed by atoms with van der Waals surface area (Å²) in [5.74, 6) is -0.472. The van der Waals surface area contributed by atoms with Crippen LogP contribution in [0.5, 0.6) is 0 Å². The Morgan fingerprint density at radius 2 is 2.17 bits per heavy atom. The topological polar surface area (TPSA) is 93.5 Å². The van der Waals surface area contributed by atoms with E-state index in [0.717, 1.165) is 19.3 Å². The van der Waals surface area contributed by atoms with Gasteiger partial charge in [-0.25, -0.2) is 0 Å². The minimum atomic E-state index is -0.540. The largest absolute Gasteiger partial charge is 0.383 e. The van der Waals surface area contributed by atoms with Gasteiger partial charge in [0, 0.05) is 19.7 Å². The molecule has 0 heterocycles. The normalized spacial score (nSPS) is 24.6. The lowest BCUT2D eigenvalue weighted by atomic mass is 10.0. The molecule has 2 amide bonds. The van der Waals surface area contributed by atoms with Crippen molar-refractivity contribution >= 4 is 11.8 Å². The number of hydrogen-bond acceptors (Lipinski definition) is 4. The van der Waals surface area contributed by atoms with Crippen LogP contribution in [0.25, 0.3) is 0 Å². The van der Waals surface area contributed by atoms with Crippen molar-refractivity contribution in [3.05, 3.63) is 0 Å². The Labute approximate surface area is 108 Å². The average Bonchev–Trinajstić information content (AvgIpc) is 2.75. The van der Waals surface area contributed by atoms with Crippen LogP contribution in [0.1, 0.15) is 26.2 Å². The Hall–Kier alpha value is -1.14. The molecule has 3 atom stereocenters. The van der Waals surface area contributed by atoms with Gasteiger partial charge in [0.2, 0.25) is 11.8 Å². The van der Waals surface area contributed by atoms with Crippen molar-refractivity contribution in [2.24, 2.45) is 11.7 Å². The summed E-state index contributed by atoms with van der Waals surface area (Å²) in [4.78, 5) is 23.5. The zero-order chi connectivity index (χ0) is 13.5. The van der Waals surface area contributed by atoms with E-state index in [-0.39, 0.29) is 23.8 Å². The monoisotopic (exact) mass is 257 g/mol. The van der Waals surface area contributed by atoms with Gasteiger partial charge in [-0.1, -0.05) is 6.42 Å². The van der Waals surface area contributed by atoms with Gasteiger partial charge in [0.05, 0.1) is 12.5 Å². The smallest absolute Gasteiger partial charge is 0.242 e. The number of nitrogens with two attached hydrogens (primary N) is 1. The number of amides is 2. The molecule has 0 radical (unpaired) electrons. The molecule has 3 unspecified atom stereocenters. The van der Waals surface area contributed by atoms with Crippen LogP contribution in [0, 0.1) is 5.92 Å². The number of ether oxygens (including phenoxy) is 1. The summed E-state index contributed by atoms with van der Waals surface area (Å²) in [5, 5.41) is 5.39. The third kappa shape index (κ3) is 4.27. The standard InChI is InChI=1S/C12H23N3O3/c1-8(11(16)14-6-7-18-2)15-12(17)9-4-3-5-10(9)13/h8-10H,3-7,13H2,1-2H3,(H,14,16)(H,15,17). The van der Waals surface area contributed by atoms with E-state index in [0.29, 0.717) is 13.2 Å². The highest BCUT2D eigenvalue weighted by Gasteiger charge is 2.31. The van der Waals surface area contributed by atoms with Crippen LogP contribution in [0.3, 0.4) is 0 Å². The maximum atomic E-state index is 11.9. The third-order valence-electron chi connectivity index (χ3n) is 3.26. The van der Waals surface area contributed by atoms with Crippen molar-refractivity contribution in [2.45, 2.75) is 38.3 Å². The molecule has 0 saturated heterocycles. The van der Waals surface area contributed by atoms with Gasteiger partial charge in [-0.15, -0.1) is 0 Å². The van der Waals surface area contributed by atoms with E-state index in [2.05, 4.69) is 10.6 Å². The Balaban J connectivity index is 2.32. The maximum Gasteiger partial charge on any atom is 0.242 e. The third-order valence-corrected chi connectivity index (χ3v) is 3.26. The Morgan fingerprint density at radius 1 is 1.44 bits per heavy atom. The summed E-state index contributed by atoms with van der Waals surface area (Å²) in [6, 6.07) is -0.615. The molecule has 1 aliphatic carbocycles. The van der Waals surface area contributed by atoms with Crippen molar-refractivity contribution in [1.82, 2.24) is 10.6 Å². The van der Waals surface area contributed by atoms with E-state index in [1.54, 1.807) is 14.0 Å². The van der Waals surface area contributed by atoms with Gasteiger partial charge in [-0.05, 0) is 19.8 Å². The van der Waals surface area contributed by atoms with E-state index < -0.39 is 6.04 Å². The van der Waals surface area contributed by atoms with E-state index >= 15 is 0 Å². The second-order valence-corrected chi connectivity index (χ2v) is 4.72. The maximum absolute atomic E-state index is 11.9. The van der Waals surface area contributed by atoms with E-state index in [9.17, 15) is 9.59 Å². The van der Waals surface area contributed by atoms with Crippen LogP contribution >= 0.6 is 0 Å². The highest BCUT2D eigenvalue weighted by molar-refractivity contribution is 5.88. The zero-order valence-electron chi connectivity index (χ0n) is 11.1. The highest BCUT2D eigenvalue weighted by Crippen LogP contribution is 2.23. The Morgan fingerprint density at radius 3 is 2.72 bits per heavy atom. The molecule has 0 bridgehead atoms. The predicted octanol–water partition coefficient (Wildman–Crippen LogP) is -0.619. The summed E-state index contributed by atoms with van der Waals surface area (Å²) >= 11 is 0. The SMILES string of the molecule is COCCNC(=O)C(C)NC(=O)C1CCCC1N. The molecule has 18 heavy (non-hydrogen) atoms. The van der Waals surface area contributed by atoms with Crippen molar-refractivity contribution in [3.8, 4) is 0 Å². The summed E-state index contributed by atoms with van der Waals surface area (Å²) in [6.45, 7) is 2.57. The van der Waals surface area contributed by atoms with Crippen molar-refractivity contribution in [1.29, 1.82) is 0 Å². The average molecular weight is 257 g/mol. The van der Waals surface area contributed by atoms with E-state index in [1.807, 2.05) is 0 Å². The van der Waals surface area contributed by atoms with Gasteiger partial charge in [0.25, 0.3) is 0 Å². The first kappa shape index (κ1) is 14.9. The molecule has 6 heteroatoms. The lowest BCUT2D eigenvalue weighted by Gasteiger charge is -2.19. The Kier molecular flexibility index (Phi) is 6.07. The predicted molar refractivity (Wildman–Crippen MR) is 67.8 cm³/mol. The number of methoxy groups -OCH3 is 1. The molecule has 1 saturated carbocycles. The van der Waals surface area contributed by atoms with Crippen molar-refractivity contribution in [3.63, 3.8) is 0 Å². The van der Waals surface area contributed by atoms with Crippen LogP contribution < -0.4 is 16.4 Å². The molecular formula is C12H23N3O3. The van der Waals surface area contributed by atoms with Gasteiger partial charge in [0.15, 0.2) is 0 Å². The molecule has 0 aliphatic heterocycles. The van der Waals surface area contributed by atoms with Gasteiger partial charge < -0.3 is 21.1 Å². The van der Waals surface area contributed by atoms with Crippen molar-refractivity contribution in [2.75, 3.05) is 20.3 Å². The van der Waals surface area contributed by atoms with E-state index in [1.165, 1.54) is 0 Å². The molecule has 1 fully saturated rings. The number of carbonyl (C=O) groups is 2. The number of hydrogen-bond donors (Lipinski definition) is 3. The van der Waals surface area contributed by atoms with Crippen molar-refractivity contribution < 1.29 is 14.3 Å². The fraction of sp³-hybridized carbons (Fsp3) is 0.833. The minimum Gasteiger partial charge on any atom is -0.383 e. The van der Waals surface area contributed by atoms with Crippen LogP contribution in [-0.4, -0.2) is 44.2 Å². The van der Waals surface area contributed by atoms with Crippen LogP contribution in [0.15, 0.2) is 0 Å². The van der Waals surface area contributed by atoms with Crippen LogP contribution in [-0.2, 0) is 14.3 Å². The fourth-order valence-electron chi connectivity index (χ4n) is 2.13. The molecule has 1 rings (SSSR count). The van der Waals surface area contributed by atoms with Crippen LogP contribution in [0.4, 0.5) is 0 Å². The highest BCUT2D eigenvalue weighted by atomic mass is 16.5. The number of nitrogens with one attached hydrogen (secondary N) is 2. The van der Waals surface area contributed by atoms with Gasteiger partial charge in [-0.3, -0.25) is 9.59 Å². The molecule has 4 N–H and O–H groups in total. The van der Waals surface area contributed by atoms with Gasteiger partial charge >= 0.3 is 0 Å². The molecule has 6 nitrogen and oxygen atoms in total. The molecule has 1 aliphatic rings. The molecule has 0 spiro atoms. The first-order valence-corrected chi connectivity index (χ1v) is 6.39. The molecule has 0 aromatic heterocycles. The zero-order valence-corrected chi connectivity index (χ0v) is 11.1. The van der Waals surface area contributed by atoms with E-state index in [4.69, 9.17) is 10.5 Å². The van der Waals surface area contributed by atoms with Gasteiger partial charge in [0.1, 0.15) is 6.04 Å². The summed E-state index contributed by atoms with van der Waals surface area (Å²) in [6.07, 6.45) is 2.67. The summed E-state index contributed by atoms with van der Waals surface area (Å²) in [7, 11) is 1.57. The first-order chi connectivity index (χ1) is 8.56. The lowest BCUT2D eigenvalue weighted by molar-refractivity contribution is -0.131. The number of rotatable bonds is 6. The summed E-state index contributed by atoms with van der Waals surface area (Å²) < 4.78 is 4.83. The molecule has 0 aromatic carbocycles. The quantitative estimate of drug-likeness (QED) is 0.553. The Bertz CT molecular complexity index is 296. The minimum absolute atomic E-state index is 0.0752. The fourth-order valence-corrected chi connectivity index (χ4v) is 2.13. The lowest BCUT2D eigenvalue weighted by Crippen LogP contribution is -2.49. The summed E-state index contributed by atoms with van der Waals surface area (Å²) in [5.41, 5.74) is 5.85. The number of carbonyl (C=O) groups excluding carboxylic acids is 2. The van der Waals surface area contributed by atoms with Crippen LogP contribution in [0.2, 0.25) is 0 Å². The molecule has 0 aromatic rings. The van der Waals surface area contributed by atoms with Gasteiger partial charge in [-0.2, -0.15) is 0 Å². The second-order valence-electron chi connectivity index (χ2n) is 4.72.